The summed E-state index contributed by atoms with van der Waals surface area (Å²) < 4.78 is 5.10. The van der Waals surface area contributed by atoms with Crippen LogP contribution in [0.3, 0.4) is 0 Å². The lowest BCUT2D eigenvalue weighted by atomic mass is 9.99. The maximum atomic E-state index is 10.2. The van der Waals surface area contributed by atoms with Gasteiger partial charge in [-0.1, -0.05) is 6.92 Å². The van der Waals surface area contributed by atoms with Gasteiger partial charge in [0.15, 0.2) is 0 Å². The van der Waals surface area contributed by atoms with Crippen LogP contribution in [0, 0.1) is 5.92 Å². The van der Waals surface area contributed by atoms with Gasteiger partial charge in [-0.25, -0.2) is 4.79 Å². The van der Waals surface area contributed by atoms with Crippen molar-refractivity contribution in [3.63, 3.8) is 0 Å². The van der Waals surface area contributed by atoms with E-state index in [4.69, 9.17) is 9.84 Å². The molecule has 1 fully saturated rings. The molecule has 4 heteroatoms. The molecule has 1 aliphatic heterocycles. The lowest BCUT2D eigenvalue weighted by Gasteiger charge is -2.31. The molecule has 0 radical (unpaired) electrons. The zero-order valence-corrected chi connectivity index (χ0v) is 8.74. The first-order valence-electron chi connectivity index (χ1n) is 5.24. The molecule has 0 aromatic rings. The topological polar surface area (TPSA) is 49.8 Å². The van der Waals surface area contributed by atoms with Crippen LogP contribution >= 0.6 is 0 Å². The maximum Gasteiger partial charge on any atom is 0.329 e. The van der Waals surface area contributed by atoms with Gasteiger partial charge in [-0.15, -0.1) is 0 Å². The van der Waals surface area contributed by atoms with Crippen molar-refractivity contribution in [3.8, 4) is 0 Å². The van der Waals surface area contributed by atoms with Gasteiger partial charge in [0.25, 0.3) is 0 Å². The summed E-state index contributed by atoms with van der Waals surface area (Å²) in [6.07, 6.45) is 2.37. The summed E-state index contributed by atoms with van der Waals surface area (Å²) in [5, 5.41) is 8.41. The highest BCUT2D eigenvalue weighted by Gasteiger charge is 2.18. The summed E-state index contributed by atoms with van der Waals surface area (Å²) in [5.41, 5.74) is 0. The van der Waals surface area contributed by atoms with Crippen molar-refractivity contribution in [2.75, 3.05) is 32.8 Å². The molecule has 4 nitrogen and oxygen atoms in total. The van der Waals surface area contributed by atoms with E-state index in [1.165, 1.54) is 13.0 Å². The molecule has 0 spiro atoms. The van der Waals surface area contributed by atoms with E-state index in [9.17, 15) is 4.79 Å². The number of nitrogens with zero attached hydrogens (tertiary/aromatic N) is 1. The number of hydrogen-bond donors (Lipinski definition) is 1. The Labute approximate surface area is 84.8 Å². The second-order valence-corrected chi connectivity index (χ2v) is 3.81. The molecule has 0 saturated carbocycles. The number of likely N-dealkylation sites (tertiary alicyclic amines) is 1. The second kappa shape index (κ2) is 5.98. The summed E-state index contributed by atoms with van der Waals surface area (Å²) in [7, 11) is 0. The van der Waals surface area contributed by atoms with Crippen LogP contribution in [0.15, 0.2) is 0 Å². The lowest BCUT2D eigenvalue weighted by molar-refractivity contribution is -0.142. The first-order chi connectivity index (χ1) is 6.72. The third kappa shape index (κ3) is 4.07. The van der Waals surface area contributed by atoms with Crippen molar-refractivity contribution in [3.05, 3.63) is 0 Å². The largest absolute Gasteiger partial charge is 0.480 e. The van der Waals surface area contributed by atoms with E-state index in [1.54, 1.807) is 0 Å². The van der Waals surface area contributed by atoms with Crippen molar-refractivity contribution in [1.82, 2.24) is 4.90 Å². The number of rotatable bonds is 5. The molecule has 0 amide bonds. The Balaban J connectivity index is 2.14. The number of piperidine rings is 1. The highest BCUT2D eigenvalue weighted by Crippen LogP contribution is 2.16. The molecule has 0 aliphatic carbocycles. The predicted octanol–water partition coefficient (Wildman–Crippen LogP) is 0.820. The molecule has 0 aromatic heterocycles. The first kappa shape index (κ1) is 11.5. The summed E-state index contributed by atoms with van der Waals surface area (Å²) in [4.78, 5) is 12.6. The third-order valence-corrected chi connectivity index (χ3v) is 2.63. The predicted molar refractivity (Wildman–Crippen MR) is 53.3 cm³/mol. The molecule has 14 heavy (non-hydrogen) atoms. The first-order valence-corrected chi connectivity index (χ1v) is 5.24. The molecular formula is C10H19NO3. The molecule has 1 heterocycles. The van der Waals surface area contributed by atoms with Gasteiger partial charge < -0.3 is 14.7 Å². The highest BCUT2D eigenvalue weighted by molar-refractivity contribution is 5.67. The van der Waals surface area contributed by atoms with Gasteiger partial charge in [0.1, 0.15) is 6.61 Å². The fourth-order valence-electron chi connectivity index (χ4n) is 1.89. The number of carbonyl (C=O) groups is 1. The average Bonchev–Trinajstić information content (AvgIpc) is 2.18. The van der Waals surface area contributed by atoms with Gasteiger partial charge in [-0.3, -0.25) is 0 Å². The minimum absolute atomic E-state index is 0.164. The van der Waals surface area contributed by atoms with E-state index in [0.29, 0.717) is 12.5 Å². The van der Waals surface area contributed by atoms with E-state index in [2.05, 4.69) is 11.8 Å². The summed E-state index contributed by atoms with van der Waals surface area (Å²) >= 11 is 0. The molecule has 0 unspecified atom stereocenters. The standard InChI is InChI=1S/C10H19NO3/c1-2-11-5-3-4-9(6-11)7-14-8-10(12)13/h9H,2-8H2,1H3,(H,12,13)/t9-/m0/s1. The molecule has 1 aliphatic rings. The lowest BCUT2D eigenvalue weighted by Crippen LogP contribution is -2.37. The Morgan fingerprint density at radius 1 is 1.64 bits per heavy atom. The van der Waals surface area contributed by atoms with Crippen molar-refractivity contribution in [1.29, 1.82) is 0 Å². The quantitative estimate of drug-likeness (QED) is 0.715. The average molecular weight is 201 g/mol. The smallest absolute Gasteiger partial charge is 0.329 e. The van der Waals surface area contributed by atoms with Crippen LogP contribution in [0.25, 0.3) is 0 Å². The molecule has 1 saturated heterocycles. The van der Waals surface area contributed by atoms with Crippen LogP contribution in [0.1, 0.15) is 19.8 Å². The number of aliphatic carboxylic acids is 1. The van der Waals surface area contributed by atoms with Crippen molar-refractivity contribution < 1.29 is 14.6 Å². The second-order valence-electron chi connectivity index (χ2n) is 3.81. The van der Waals surface area contributed by atoms with Gasteiger partial charge in [-0.05, 0) is 31.8 Å². The summed E-state index contributed by atoms with van der Waals surface area (Å²) in [5.74, 6) is -0.365. The minimum Gasteiger partial charge on any atom is -0.480 e. The Morgan fingerprint density at radius 3 is 3.07 bits per heavy atom. The van der Waals surface area contributed by atoms with Crippen LogP contribution in [0.5, 0.6) is 0 Å². The molecule has 0 aromatic carbocycles. The van der Waals surface area contributed by atoms with E-state index in [1.807, 2.05) is 0 Å². The summed E-state index contributed by atoms with van der Waals surface area (Å²) in [6, 6.07) is 0. The van der Waals surface area contributed by atoms with Crippen LogP contribution in [0.2, 0.25) is 0 Å². The fourth-order valence-corrected chi connectivity index (χ4v) is 1.89. The van der Waals surface area contributed by atoms with Gasteiger partial charge in [0.05, 0.1) is 6.61 Å². The zero-order valence-electron chi connectivity index (χ0n) is 8.74. The summed E-state index contributed by atoms with van der Waals surface area (Å²) in [6.45, 7) is 5.88. The Bertz CT molecular complexity index is 184. The van der Waals surface area contributed by atoms with Crippen LogP contribution in [0.4, 0.5) is 0 Å². The number of carboxylic acids is 1. The fraction of sp³-hybridized carbons (Fsp3) is 0.900. The highest BCUT2D eigenvalue weighted by atomic mass is 16.5. The molecular weight excluding hydrogens is 182 g/mol. The molecule has 1 rings (SSSR count). The molecule has 0 bridgehead atoms. The molecule has 1 N–H and O–H groups in total. The van der Waals surface area contributed by atoms with Gasteiger partial charge >= 0.3 is 5.97 Å². The van der Waals surface area contributed by atoms with Gasteiger partial charge in [0.2, 0.25) is 0 Å². The molecule has 82 valence electrons. The minimum atomic E-state index is -0.881. The third-order valence-electron chi connectivity index (χ3n) is 2.63. The maximum absolute atomic E-state index is 10.2. The van der Waals surface area contributed by atoms with Crippen LogP contribution < -0.4 is 0 Å². The Hall–Kier alpha value is -0.610. The number of hydrogen-bond acceptors (Lipinski definition) is 3. The SMILES string of the molecule is CCN1CCC[C@H](COCC(=O)O)C1. The van der Waals surface area contributed by atoms with E-state index >= 15 is 0 Å². The van der Waals surface area contributed by atoms with E-state index in [-0.39, 0.29) is 6.61 Å². The van der Waals surface area contributed by atoms with Crippen molar-refractivity contribution in [2.24, 2.45) is 5.92 Å². The number of ether oxygens (including phenoxy) is 1. The van der Waals surface area contributed by atoms with Crippen LogP contribution in [-0.4, -0.2) is 48.8 Å². The molecule has 1 atom stereocenters. The van der Waals surface area contributed by atoms with Gasteiger partial charge in [-0.2, -0.15) is 0 Å². The normalized spacial score (nSPS) is 23.6. The Morgan fingerprint density at radius 2 is 2.43 bits per heavy atom. The van der Waals surface area contributed by atoms with Crippen LogP contribution in [-0.2, 0) is 9.53 Å². The van der Waals surface area contributed by atoms with Crippen molar-refractivity contribution in [2.45, 2.75) is 19.8 Å². The monoisotopic (exact) mass is 201 g/mol. The van der Waals surface area contributed by atoms with E-state index < -0.39 is 5.97 Å². The Kier molecular flexibility index (Phi) is 4.90. The van der Waals surface area contributed by atoms with Crippen molar-refractivity contribution >= 4 is 5.97 Å². The van der Waals surface area contributed by atoms with E-state index in [0.717, 1.165) is 19.5 Å². The zero-order chi connectivity index (χ0) is 10.4. The number of carboxylic acid groups (broad SMARTS) is 1. The van der Waals surface area contributed by atoms with Gasteiger partial charge in [0, 0.05) is 6.54 Å².